The molecular weight excluding hydrogens is 464 g/mol. The highest BCUT2D eigenvalue weighted by molar-refractivity contribution is 6.33. The number of halogens is 3. The first-order valence-electron chi connectivity index (χ1n) is 10.1. The van der Waals surface area contributed by atoms with E-state index in [9.17, 15) is 9.18 Å². The monoisotopic (exact) mass is 483 g/mol. The Labute approximate surface area is 200 Å². The number of nitrogens with one attached hydrogen (secondary N) is 3. The van der Waals surface area contributed by atoms with Gasteiger partial charge in [-0.2, -0.15) is 0 Å². The van der Waals surface area contributed by atoms with Gasteiger partial charge in [0.05, 0.1) is 22.4 Å². The number of hydrogen-bond donors (Lipinski definition) is 3. The van der Waals surface area contributed by atoms with Crippen molar-refractivity contribution in [2.24, 2.45) is 0 Å². The van der Waals surface area contributed by atoms with E-state index in [0.29, 0.717) is 28.0 Å². The number of carbonyl (C=O) groups excluding carboxylic acids is 1. The summed E-state index contributed by atoms with van der Waals surface area (Å²) in [5, 5.41) is 6.78. The number of aromatic nitrogens is 3. The van der Waals surface area contributed by atoms with Crippen LogP contribution in [0.2, 0.25) is 10.0 Å². The lowest BCUT2D eigenvalue weighted by Crippen LogP contribution is -2.26. The zero-order valence-electron chi connectivity index (χ0n) is 17.8. The van der Waals surface area contributed by atoms with Gasteiger partial charge < -0.3 is 15.6 Å². The first kappa shape index (κ1) is 22.8. The van der Waals surface area contributed by atoms with Crippen molar-refractivity contribution >= 4 is 40.7 Å². The van der Waals surface area contributed by atoms with Crippen LogP contribution >= 0.6 is 23.2 Å². The molecule has 33 heavy (non-hydrogen) atoms. The minimum Gasteiger partial charge on any atom is -0.357 e. The van der Waals surface area contributed by atoms with Gasteiger partial charge in [-0.25, -0.2) is 14.4 Å². The Morgan fingerprint density at radius 1 is 1.15 bits per heavy atom. The summed E-state index contributed by atoms with van der Waals surface area (Å²) in [6.07, 6.45) is 3.37. The molecule has 0 saturated carbocycles. The molecule has 6 nitrogen and oxygen atoms in total. The maximum atomic E-state index is 13.3. The summed E-state index contributed by atoms with van der Waals surface area (Å²) in [4.78, 5) is 24.6. The van der Waals surface area contributed by atoms with E-state index >= 15 is 0 Å². The van der Waals surface area contributed by atoms with E-state index in [1.807, 2.05) is 32.0 Å². The molecule has 2 heterocycles. The van der Waals surface area contributed by atoms with Crippen LogP contribution in [0.1, 0.15) is 34.6 Å². The number of benzene rings is 2. The summed E-state index contributed by atoms with van der Waals surface area (Å²) in [5.74, 6) is -0.387. The van der Waals surface area contributed by atoms with Crippen molar-refractivity contribution in [3.05, 3.63) is 93.6 Å². The van der Waals surface area contributed by atoms with Gasteiger partial charge in [0.15, 0.2) is 0 Å². The molecule has 4 rings (SSSR count). The van der Waals surface area contributed by atoms with E-state index in [0.717, 1.165) is 16.7 Å². The molecule has 0 aliphatic heterocycles. The van der Waals surface area contributed by atoms with Crippen molar-refractivity contribution < 1.29 is 9.18 Å². The standard InChI is InChI=1S/C24H20Cl2FN5O/c1-13-11-29-24(31-20-7-6-18(27)10-19(20)26)32-22(13)16-9-21(28-12-16)23(33)30-14(2)15-4-3-5-17(25)8-15/h3-12,14,28H,1-2H3,(H,30,33)(H,29,31,32)/t14-/m1/s1. The summed E-state index contributed by atoms with van der Waals surface area (Å²) in [6.45, 7) is 3.76. The second-order valence-electron chi connectivity index (χ2n) is 7.53. The third kappa shape index (κ3) is 5.32. The van der Waals surface area contributed by atoms with Crippen LogP contribution in [-0.2, 0) is 0 Å². The second kappa shape index (κ2) is 9.60. The van der Waals surface area contributed by atoms with Crippen LogP contribution in [0.5, 0.6) is 0 Å². The Kier molecular flexibility index (Phi) is 6.62. The van der Waals surface area contributed by atoms with Crippen LogP contribution in [-0.4, -0.2) is 20.9 Å². The lowest BCUT2D eigenvalue weighted by atomic mass is 10.1. The van der Waals surface area contributed by atoms with Gasteiger partial charge in [0, 0.05) is 23.0 Å². The third-order valence-electron chi connectivity index (χ3n) is 5.05. The van der Waals surface area contributed by atoms with Gasteiger partial charge in [0.2, 0.25) is 5.95 Å². The predicted octanol–water partition coefficient (Wildman–Crippen LogP) is 6.46. The molecule has 0 saturated heterocycles. The molecule has 0 spiro atoms. The van der Waals surface area contributed by atoms with E-state index < -0.39 is 5.82 Å². The molecule has 0 unspecified atom stereocenters. The van der Waals surface area contributed by atoms with Gasteiger partial charge in [-0.05, 0) is 61.4 Å². The number of H-pyrrole nitrogens is 1. The molecular formula is C24H20Cl2FN5O. The van der Waals surface area contributed by atoms with E-state index in [2.05, 4.69) is 25.6 Å². The van der Waals surface area contributed by atoms with Crippen molar-refractivity contribution in [3.8, 4) is 11.3 Å². The number of amides is 1. The summed E-state index contributed by atoms with van der Waals surface area (Å²) in [7, 11) is 0. The Morgan fingerprint density at radius 3 is 2.73 bits per heavy atom. The molecule has 0 radical (unpaired) electrons. The highest BCUT2D eigenvalue weighted by atomic mass is 35.5. The Hall–Kier alpha value is -3.42. The normalized spacial score (nSPS) is 11.8. The van der Waals surface area contributed by atoms with Crippen molar-refractivity contribution in [2.45, 2.75) is 19.9 Å². The van der Waals surface area contributed by atoms with Crippen molar-refractivity contribution in [2.75, 3.05) is 5.32 Å². The molecule has 0 fully saturated rings. The van der Waals surface area contributed by atoms with Gasteiger partial charge in [-0.1, -0.05) is 35.3 Å². The minimum atomic E-state index is -0.432. The molecule has 1 amide bonds. The summed E-state index contributed by atoms with van der Waals surface area (Å²) >= 11 is 12.1. The zero-order valence-corrected chi connectivity index (χ0v) is 19.3. The molecule has 1 atom stereocenters. The van der Waals surface area contributed by atoms with Gasteiger partial charge >= 0.3 is 0 Å². The average Bonchev–Trinajstić information content (AvgIpc) is 3.27. The van der Waals surface area contributed by atoms with Crippen molar-refractivity contribution in [1.82, 2.24) is 20.3 Å². The largest absolute Gasteiger partial charge is 0.357 e. The third-order valence-corrected chi connectivity index (χ3v) is 5.59. The van der Waals surface area contributed by atoms with Crippen LogP contribution in [0.4, 0.5) is 16.0 Å². The second-order valence-corrected chi connectivity index (χ2v) is 8.37. The fraction of sp³-hybridized carbons (Fsp3) is 0.125. The number of rotatable bonds is 6. The van der Waals surface area contributed by atoms with Crippen LogP contribution in [0, 0.1) is 12.7 Å². The lowest BCUT2D eigenvalue weighted by molar-refractivity contribution is 0.0935. The number of aryl methyl sites for hydroxylation is 1. The number of hydrogen-bond acceptors (Lipinski definition) is 4. The first-order valence-corrected chi connectivity index (χ1v) is 10.9. The van der Waals surface area contributed by atoms with Crippen LogP contribution in [0.15, 0.2) is 60.9 Å². The Bertz CT molecular complexity index is 1320. The van der Waals surface area contributed by atoms with Gasteiger partial charge in [0.1, 0.15) is 11.5 Å². The Balaban J connectivity index is 1.52. The number of nitrogens with zero attached hydrogens (tertiary/aromatic N) is 2. The molecule has 9 heteroatoms. The van der Waals surface area contributed by atoms with Crippen LogP contribution < -0.4 is 10.6 Å². The molecule has 3 N–H and O–H groups in total. The highest BCUT2D eigenvalue weighted by Gasteiger charge is 2.16. The average molecular weight is 484 g/mol. The summed E-state index contributed by atoms with van der Waals surface area (Å²) in [6, 6.07) is 12.9. The van der Waals surface area contributed by atoms with Crippen LogP contribution in [0.3, 0.4) is 0 Å². The van der Waals surface area contributed by atoms with Gasteiger partial charge in [-0.15, -0.1) is 0 Å². The Morgan fingerprint density at radius 2 is 1.97 bits per heavy atom. The summed E-state index contributed by atoms with van der Waals surface area (Å²) in [5.41, 5.74) is 3.98. The molecule has 2 aromatic heterocycles. The zero-order chi connectivity index (χ0) is 23.5. The minimum absolute atomic E-state index is 0.218. The first-order chi connectivity index (χ1) is 15.8. The van der Waals surface area contributed by atoms with E-state index in [1.165, 1.54) is 18.2 Å². The smallest absolute Gasteiger partial charge is 0.268 e. The number of carbonyl (C=O) groups is 1. The summed E-state index contributed by atoms with van der Waals surface area (Å²) < 4.78 is 13.3. The fourth-order valence-corrected chi connectivity index (χ4v) is 3.71. The topological polar surface area (TPSA) is 82.7 Å². The lowest BCUT2D eigenvalue weighted by Gasteiger charge is -2.14. The highest BCUT2D eigenvalue weighted by Crippen LogP contribution is 2.27. The molecule has 4 aromatic rings. The van der Waals surface area contributed by atoms with Crippen molar-refractivity contribution in [1.29, 1.82) is 0 Å². The van der Waals surface area contributed by atoms with E-state index in [-0.39, 0.29) is 17.0 Å². The maximum absolute atomic E-state index is 13.3. The number of aromatic amines is 1. The quantitative estimate of drug-likeness (QED) is 0.293. The molecule has 168 valence electrons. The van der Waals surface area contributed by atoms with Crippen molar-refractivity contribution in [3.63, 3.8) is 0 Å². The number of anilines is 2. The van der Waals surface area contributed by atoms with Crippen LogP contribution in [0.25, 0.3) is 11.3 Å². The van der Waals surface area contributed by atoms with Gasteiger partial charge in [-0.3, -0.25) is 4.79 Å². The SMILES string of the molecule is Cc1cnc(Nc2ccc(F)cc2Cl)nc1-c1c[nH]c(C(=O)N[C@H](C)c2cccc(Cl)c2)c1. The van der Waals surface area contributed by atoms with Gasteiger partial charge in [0.25, 0.3) is 5.91 Å². The molecule has 0 bridgehead atoms. The molecule has 2 aromatic carbocycles. The fourth-order valence-electron chi connectivity index (χ4n) is 3.30. The maximum Gasteiger partial charge on any atom is 0.268 e. The van der Waals surface area contributed by atoms with E-state index in [4.69, 9.17) is 23.2 Å². The van der Waals surface area contributed by atoms with E-state index in [1.54, 1.807) is 24.5 Å². The molecule has 0 aliphatic rings. The molecule has 0 aliphatic carbocycles. The predicted molar refractivity (Wildman–Crippen MR) is 129 cm³/mol.